The summed E-state index contributed by atoms with van der Waals surface area (Å²) in [6.45, 7) is 0. The van der Waals surface area contributed by atoms with Crippen LogP contribution in [0.1, 0.15) is 0 Å². The molecular weight excluding hydrogens is 237 g/mol. The molecule has 0 unspecified atom stereocenters. The third kappa shape index (κ3) is 1.62. The van der Waals surface area contributed by atoms with Crippen LogP contribution in [0.25, 0.3) is 0 Å². The Labute approximate surface area is 85.1 Å². The van der Waals surface area contributed by atoms with Gasteiger partial charge in [-0.3, -0.25) is 9.59 Å². The average molecular weight is 239 g/mol. The van der Waals surface area contributed by atoms with Crippen molar-refractivity contribution in [3.8, 4) is 0 Å². The molecule has 8 heteroatoms. The Hall–Kier alpha value is -1.99. The molecule has 2 amide bonds. The number of hydrogen-bond donors (Lipinski definition) is 0. The molecule has 0 aliphatic heterocycles. The molecule has 16 heavy (non-hydrogen) atoms. The summed E-state index contributed by atoms with van der Waals surface area (Å²) in [6.07, 6.45) is -0.767. The number of imide groups is 1. The van der Waals surface area contributed by atoms with Gasteiger partial charge in [-0.1, -0.05) is 0 Å². The number of halogens is 5. The van der Waals surface area contributed by atoms with Crippen LogP contribution >= 0.6 is 0 Å². The molecule has 0 spiro atoms. The molecule has 1 rings (SSSR count). The van der Waals surface area contributed by atoms with Gasteiger partial charge in [0.25, 0.3) is 0 Å². The standard InChI is InChI=1S/C8H2F5NO2/c9-3-4(10)6(12)8(7(13)5(3)11)14(1-15)2-16/h1-2H. The second-order valence-electron chi connectivity index (χ2n) is 2.54. The maximum absolute atomic E-state index is 12.9. The van der Waals surface area contributed by atoms with Gasteiger partial charge in [0.1, 0.15) is 5.69 Å². The first-order valence-electron chi connectivity index (χ1n) is 3.66. The number of carbonyl (C=O) groups excluding carboxylic acids is 2. The van der Waals surface area contributed by atoms with Gasteiger partial charge in [0.2, 0.25) is 18.6 Å². The van der Waals surface area contributed by atoms with E-state index in [4.69, 9.17) is 0 Å². The largest absolute Gasteiger partial charge is 0.278 e. The molecule has 0 aromatic heterocycles. The normalized spacial score (nSPS) is 10.1. The van der Waals surface area contributed by atoms with Crippen LogP contribution in [0.5, 0.6) is 0 Å². The number of anilines is 1. The predicted octanol–water partition coefficient (Wildman–Crippen LogP) is 1.50. The molecule has 0 saturated heterocycles. The summed E-state index contributed by atoms with van der Waals surface area (Å²) in [5.41, 5.74) is -1.61. The molecule has 0 N–H and O–H groups in total. The van der Waals surface area contributed by atoms with Gasteiger partial charge in [0, 0.05) is 0 Å². The topological polar surface area (TPSA) is 37.4 Å². The molecule has 1 aromatic rings. The molecule has 0 fully saturated rings. The van der Waals surface area contributed by atoms with Crippen molar-refractivity contribution in [2.45, 2.75) is 0 Å². The lowest BCUT2D eigenvalue weighted by atomic mass is 10.2. The highest BCUT2D eigenvalue weighted by Crippen LogP contribution is 2.28. The van der Waals surface area contributed by atoms with Crippen molar-refractivity contribution in [1.82, 2.24) is 0 Å². The SMILES string of the molecule is O=CN(C=O)c1c(F)c(F)c(F)c(F)c1F. The minimum atomic E-state index is -2.37. The van der Waals surface area contributed by atoms with Gasteiger partial charge in [-0.15, -0.1) is 0 Å². The van der Waals surface area contributed by atoms with E-state index in [0.29, 0.717) is 0 Å². The lowest BCUT2D eigenvalue weighted by Crippen LogP contribution is -2.23. The Bertz CT molecular complexity index is 425. The smallest absolute Gasteiger partial charge is 0.220 e. The fourth-order valence-electron chi connectivity index (χ4n) is 0.950. The van der Waals surface area contributed by atoms with Crippen LogP contribution in [0.2, 0.25) is 0 Å². The second-order valence-corrected chi connectivity index (χ2v) is 2.54. The third-order valence-corrected chi connectivity index (χ3v) is 1.67. The monoisotopic (exact) mass is 239 g/mol. The highest BCUT2D eigenvalue weighted by molar-refractivity contribution is 5.95. The van der Waals surface area contributed by atoms with E-state index in [2.05, 4.69) is 0 Å². The van der Waals surface area contributed by atoms with Gasteiger partial charge in [-0.05, 0) is 0 Å². The summed E-state index contributed by atoms with van der Waals surface area (Å²) < 4.78 is 63.7. The fraction of sp³-hybridized carbons (Fsp3) is 0. The summed E-state index contributed by atoms with van der Waals surface area (Å²) in [7, 11) is 0. The average Bonchev–Trinajstić information content (AvgIpc) is 2.29. The number of carbonyl (C=O) groups is 2. The summed E-state index contributed by atoms with van der Waals surface area (Å²) in [5, 5.41) is 0. The Kier molecular flexibility index (Phi) is 3.21. The van der Waals surface area contributed by atoms with E-state index in [9.17, 15) is 31.5 Å². The molecule has 0 aliphatic carbocycles. The Morgan fingerprint density at radius 3 is 1.31 bits per heavy atom. The maximum Gasteiger partial charge on any atom is 0.220 e. The number of rotatable bonds is 3. The van der Waals surface area contributed by atoms with Crippen molar-refractivity contribution < 1.29 is 31.5 Å². The molecule has 0 bridgehead atoms. The molecule has 0 radical (unpaired) electrons. The number of amides is 2. The maximum atomic E-state index is 12.9. The van der Waals surface area contributed by atoms with E-state index < -0.39 is 34.8 Å². The van der Waals surface area contributed by atoms with Crippen molar-refractivity contribution in [3.63, 3.8) is 0 Å². The van der Waals surface area contributed by atoms with Gasteiger partial charge in [0.05, 0.1) is 0 Å². The summed E-state index contributed by atoms with van der Waals surface area (Å²) in [4.78, 5) is 20.0. The first-order chi connectivity index (χ1) is 7.45. The van der Waals surface area contributed by atoms with Crippen LogP contribution in [0.3, 0.4) is 0 Å². The molecule has 86 valence electrons. The molecule has 0 aliphatic rings. The van der Waals surface area contributed by atoms with Crippen LogP contribution in [-0.2, 0) is 9.59 Å². The van der Waals surface area contributed by atoms with Crippen molar-refractivity contribution in [2.75, 3.05) is 4.90 Å². The van der Waals surface area contributed by atoms with Gasteiger partial charge >= 0.3 is 0 Å². The zero-order valence-electron chi connectivity index (χ0n) is 7.31. The molecular formula is C8H2F5NO2. The van der Waals surface area contributed by atoms with E-state index >= 15 is 0 Å². The first kappa shape index (κ1) is 12.1. The quantitative estimate of drug-likeness (QED) is 0.347. The lowest BCUT2D eigenvalue weighted by Gasteiger charge is -2.12. The third-order valence-electron chi connectivity index (χ3n) is 1.67. The van der Waals surface area contributed by atoms with Gasteiger partial charge in [-0.25, -0.2) is 26.9 Å². The van der Waals surface area contributed by atoms with Gasteiger partial charge in [-0.2, -0.15) is 0 Å². The lowest BCUT2D eigenvalue weighted by molar-refractivity contribution is -0.114. The van der Waals surface area contributed by atoms with Crippen molar-refractivity contribution in [3.05, 3.63) is 29.1 Å². The number of nitrogens with zero attached hydrogens (tertiary/aromatic N) is 1. The fourth-order valence-corrected chi connectivity index (χ4v) is 0.950. The summed E-state index contributed by atoms with van der Waals surface area (Å²) in [5.74, 6) is -11.3. The number of hydrogen-bond acceptors (Lipinski definition) is 2. The van der Waals surface area contributed by atoms with Crippen molar-refractivity contribution >= 4 is 18.5 Å². The molecule has 0 atom stereocenters. The van der Waals surface area contributed by atoms with E-state index in [-0.39, 0.29) is 17.7 Å². The van der Waals surface area contributed by atoms with Crippen molar-refractivity contribution in [2.24, 2.45) is 0 Å². The zero-order chi connectivity index (χ0) is 12.5. The van der Waals surface area contributed by atoms with E-state index in [1.54, 1.807) is 0 Å². The van der Waals surface area contributed by atoms with Crippen LogP contribution in [-0.4, -0.2) is 12.8 Å². The van der Waals surface area contributed by atoms with Crippen molar-refractivity contribution in [1.29, 1.82) is 0 Å². The van der Waals surface area contributed by atoms with Gasteiger partial charge in [0.15, 0.2) is 23.3 Å². The predicted molar refractivity (Wildman–Crippen MR) is 40.8 cm³/mol. The highest BCUT2D eigenvalue weighted by Gasteiger charge is 2.28. The minimum Gasteiger partial charge on any atom is -0.278 e. The molecule has 3 nitrogen and oxygen atoms in total. The summed E-state index contributed by atoms with van der Waals surface area (Å²) in [6, 6.07) is 0. The Morgan fingerprint density at radius 1 is 0.688 bits per heavy atom. The molecule has 0 heterocycles. The number of benzene rings is 1. The Balaban J connectivity index is 3.62. The highest BCUT2D eigenvalue weighted by atomic mass is 19.2. The van der Waals surface area contributed by atoms with E-state index in [1.165, 1.54) is 0 Å². The van der Waals surface area contributed by atoms with E-state index in [1.807, 2.05) is 0 Å². The van der Waals surface area contributed by atoms with Crippen LogP contribution < -0.4 is 4.90 Å². The molecule has 1 aromatic carbocycles. The Morgan fingerprint density at radius 2 is 1.00 bits per heavy atom. The van der Waals surface area contributed by atoms with E-state index in [0.717, 1.165) is 0 Å². The van der Waals surface area contributed by atoms with Crippen LogP contribution in [0, 0.1) is 29.1 Å². The first-order valence-corrected chi connectivity index (χ1v) is 3.66. The minimum absolute atomic E-state index is 0.295. The summed E-state index contributed by atoms with van der Waals surface area (Å²) >= 11 is 0. The van der Waals surface area contributed by atoms with Gasteiger partial charge < -0.3 is 0 Å². The molecule has 0 saturated carbocycles. The van der Waals surface area contributed by atoms with Crippen LogP contribution in [0.4, 0.5) is 27.6 Å². The second kappa shape index (κ2) is 4.25. The van der Waals surface area contributed by atoms with Crippen LogP contribution in [0.15, 0.2) is 0 Å². The zero-order valence-corrected chi connectivity index (χ0v) is 7.31.